The van der Waals surface area contributed by atoms with Gasteiger partial charge in [0.15, 0.2) is 9.84 Å². The van der Waals surface area contributed by atoms with Gasteiger partial charge in [-0.15, -0.1) is 0 Å². The maximum absolute atomic E-state index is 12.5. The maximum atomic E-state index is 12.5. The Bertz CT molecular complexity index is 973. The summed E-state index contributed by atoms with van der Waals surface area (Å²) in [5.74, 6) is -0.660. The molecule has 0 saturated carbocycles. The summed E-state index contributed by atoms with van der Waals surface area (Å²) < 4.78 is 22.7. The van der Waals surface area contributed by atoms with Gasteiger partial charge in [0.2, 0.25) is 5.91 Å². The number of rotatable bonds is 6. The standard InChI is InChI=1S/C21H26N2O4S/c1-14-10-15(2)20(16(3)11-14)22-19(24)12-23(4)21(25)18-8-6-17(7-9-18)13-28(5,26)27/h6-11H,12-13H2,1-5H3,(H,22,24). The van der Waals surface area contributed by atoms with Gasteiger partial charge in [0.1, 0.15) is 0 Å². The Morgan fingerprint density at radius 2 is 1.54 bits per heavy atom. The number of sulfone groups is 1. The lowest BCUT2D eigenvalue weighted by atomic mass is 10.1. The molecule has 1 N–H and O–H groups in total. The molecule has 6 nitrogen and oxygen atoms in total. The van der Waals surface area contributed by atoms with Gasteiger partial charge < -0.3 is 10.2 Å². The number of carbonyl (C=O) groups is 2. The van der Waals surface area contributed by atoms with E-state index in [4.69, 9.17) is 0 Å². The molecule has 2 aromatic carbocycles. The van der Waals surface area contributed by atoms with Crippen LogP contribution in [-0.2, 0) is 20.4 Å². The first kappa shape index (κ1) is 21.6. The van der Waals surface area contributed by atoms with Gasteiger partial charge in [-0.05, 0) is 49.6 Å². The Morgan fingerprint density at radius 3 is 2.04 bits per heavy atom. The highest BCUT2D eigenvalue weighted by Crippen LogP contribution is 2.21. The lowest BCUT2D eigenvalue weighted by molar-refractivity contribution is -0.116. The number of likely N-dealkylation sites (N-methyl/N-ethyl adjacent to an activating group) is 1. The SMILES string of the molecule is Cc1cc(C)c(NC(=O)CN(C)C(=O)c2ccc(CS(C)(=O)=O)cc2)c(C)c1. The van der Waals surface area contributed by atoms with Gasteiger partial charge in [0.05, 0.1) is 12.3 Å². The zero-order valence-electron chi connectivity index (χ0n) is 16.9. The van der Waals surface area contributed by atoms with Crippen molar-refractivity contribution in [1.82, 2.24) is 4.90 Å². The molecule has 2 aromatic rings. The zero-order valence-corrected chi connectivity index (χ0v) is 17.7. The quantitative estimate of drug-likeness (QED) is 0.805. The molecule has 0 aliphatic rings. The molecule has 0 aromatic heterocycles. The molecule has 0 atom stereocenters. The topological polar surface area (TPSA) is 83.6 Å². The van der Waals surface area contributed by atoms with E-state index in [1.165, 1.54) is 4.90 Å². The van der Waals surface area contributed by atoms with Crippen molar-refractivity contribution < 1.29 is 18.0 Å². The number of nitrogens with zero attached hydrogens (tertiary/aromatic N) is 1. The number of benzene rings is 2. The predicted molar refractivity (Wildman–Crippen MR) is 111 cm³/mol. The van der Waals surface area contributed by atoms with E-state index in [1.54, 1.807) is 31.3 Å². The van der Waals surface area contributed by atoms with E-state index >= 15 is 0 Å². The van der Waals surface area contributed by atoms with Gasteiger partial charge in [0.25, 0.3) is 5.91 Å². The van der Waals surface area contributed by atoms with Crippen LogP contribution < -0.4 is 5.32 Å². The number of carbonyl (C=O) groups excluding carboxylic acids is 2. The van der Waals surface area contributed by atoms with Crippen LogP contribution in [0.25, 0.3) is 0 Å². The van der Waals surface area contributed by atoms with Crippen LogP contribution in [0.2, 0.25) is 0 Å². The van der Waals surface area contributed by atoms with Crippen LogP contribution in [0.4, 0.5) is 5.69 Å². The first-order chi connectivity index (χ1) is 13.0. The van der Waals surface area contributed by atoms with Crippen molar-refractivity contribution in [3.63, 3.8) is 0 Å². The van der Waals surface area contributed by atoms with Gasteiger partial charge in [-0.25, -0.2) is 8.42 Å². The second-order valence-electron chi connectivity index (χ2n) is 7.25. The highest BCUT2D eigenvalue weighted by molar-refractivity contribution is 7.89. The number of nitrogens with one attached hydrogen (secondary N) is 1. The van der Waals surface area contributed by atoms with Crippen molar-refractivity contribution in [2.24, 2.45) is 0 Å². The molecule has 150 valence electrons. The summed E-state index contributed by atoms with van der Waals surface area (Å²) in [4.78, 5) is 26.3. The maximum Gasteiger partial charge on any atom is 0.254 e. The average Bonchev–Trinajstić information content (AvgIpc) is 2.56. The molecule has 2 rings (SSSR count). The summed E-state index contributed by atoms with van der Waals surface area (Å²) in [6.45, 7) is 5.78. The summed E-state index contributed by atoms with van der Waals surface area (Å²) in [7, 11) is -1.57. The van der Waals surface area contributed by atoms with Crippen molar-refractivity contribution in [2.45, 2.75) is 26.5 Å². The fourth-order valence-electron chi connectivity index (χ4n) is 3.11. The molecule has 0 heterocycles. The van der Waals surface area contributed by atoms with Crippen LogP contribution in [0.15, 0.2) is 36.4 Å². The molecule has 28 heavy (non-hydrogen) atoms. The summed E-state index contributed by atoms with van der Waals surface area (Å²) in [6.07, 6.45) is 1.16. The molecule has 0 radical (unpaired) electrons. The van der Waals surface area contributed by atoms with E-state index < -0.39 is 9.84 Å². The molecule has 0 unspecified atom stereocenters. The number of hydrogen-bond acceptors (Lipinski definition) is 4. The minimum absolute atomic E-state index is 0.0744. The Labute approximate surface area is 166 Å². The van der Waals surface area contributed by atoms with Crippen molar-refractivity contribution in [1.29, 1.82) is 0 Å². The summed E-state index contributed by atoms with van der Waals surface area (Å²) >= 11 is 0. The van der Waals surface area contributed by atoms with E-state index in [0.717, 1.165) is 28.6 Å². The minimum Gasteiger partial charge on any atom is -0.332 e. The van der Waals surface area contributed by atoms with E-state index in [0.29, 0.717) is 11.1 Å². The summed E-state index contributed by atoms with van der Waals surface area (Å²) in [6, 6.07) is 10.4. The first-order valence-corrected chi connectivity index (χ1v) is 10.9. The van der Waals surface area contributed by atoms with Crippen LogP contribution in [0, 0.1) is 20.8 Å². The Morgan fingerprint density at radius 1 is 1.00 bits per heavy atom. The summed E-state index contributed by atoms with van der Waals surface area (Å²) in [5, 5.41) is 2.88. The summed E-state index contributed by atoms with van der Waals surface area (Å²) in [5.41, 5.74) is 4.85. The molecule has 7 heteroatoms. The van der Waals surface area contributed by atoms with Gasteiger partial charge >= 0.3 is 0 Å². The predicted octanol–water partition coefficient (Wildman–Crippen LogP) is 2.87. The second kappa shape index (κ2) is 8.56. The molecule has 0 aliphatic heterocycles. The van der Waals surface area contributed by atoms with E-state index in [9.17, 15) is 18.0 Å². The molecular formula is C21H26N2O4S. The molecule has 0 saturated heterocycles. The number of aryl methyl sites for hydroxylation is 3. The zero-order chi connectivity index (χ0) is 21.1. The molecule has 0 bridgehead atoms. The fourth-order valence-corrected chi connectivity index (χ4v) is 3.91. The van der Waals surface area contributed by atoms with E-state index in [2.05, 4.69) is 5.32 Å². The van der Waals surface area contributed by atoms with Crippen molar-refractivity contribution in [3.8, 4) is 0 Å². The number of amides is 2. The third-order valence-corrected chi connectivity index (χ3v) is 5.16. The first-order valence-electron chi connectivity index (χ1n) is 8.86. The van der Waals surface area contributed by atoms with Gasteiger partial charge in [0, 0.05) is 24.6 Å². The monoisotopic (exact) mass is 402 g/mol. The largest absolute Gasteiger partial charge is 0.332 e. The van der Waals surface area contributed by atoms with E-state index in [-0.39, 0.29) is 24.1 Å². The second-order valence-corrected chi connectivity index (χ2v) is 9.39. The van der Waals surface area contributed by atoms with Crippen LogP contribution in [-0.4, -0.2) is 45.0 Å². The lowest BCUT2D eigenvalue weighted by Crippen LogP contribution is -2.35. The molecule has 0 aliphatic carbocycles. The third-order valence-electron chi connectivity index (χ3n) is 4.30. The Hall–Kier alpha value is -2.67. The van der Waals surface area contributed by atoms with Gasteiger partial charge in [-0.3, -0.25) is 9.59 Å². The Balaban J connectivity index is 2.03. The van der Waals surface area contributed by atoms with Crippen LogP contribution in [0.3, 0.4) is 0 Å². The minimum atomic E-state index is -3.13. The van der Waals surface area contributed by atoms with Crippen LogP contribution >= 0.6 is 0 Å². The molecule has 0 spiro atoms. The highest BCUT2D eigenvalue weighted by Gasteiger charge is 2.16. The molecular weight excluding hydrogens is 376 g/mol. The van der Waals surface area contributed by atoms with Crippen molar-refractivity contribution >= 4 is 27.3 Å². The smallest absolute Gasteiger partial charge is 0.254 e. The van der Waals surface area contributed by atoms with Crippen LogP contribution in [0.5, 0.6) is 0 Å². The molecule has 0 fully saturated rings. The lowest BCUT2D eigenvalue weighted by Gasteiger charge is -2.18. The normalized spacial score (nSPS) is 11.2. The fraction of sp³-hybridized carbons (Fsp3) is 0.333. The van der Waals surface area contributed by atoms with Crippen molar-refractivity contribution in [2.75, 3.05) is 25.2 Å². The van der Waals surface area contributed by atoms with Crippen molar-refractivity contribution in [3.05, 3.63) is 64.2 Å². The Kier molecular flexibility index (Phi) is 6.61. The average molecular weight is 403 g/mol. The van der Waals surface area contributed by atoms with Crippen LogP contribution in [0.1, 0.15) is 32.6 Å². The third kappa shape index (κ3) is 5.92. The number of anilines is 1. The molecule has 2 amide bonds. The highest BCUT2D eigenvalue weighted by atomic mass is 32.2. The van der Waals surface area contributed by atoms with Gasteiger partial charge in [-0.2, -0.15) is 0 Å². The van der Waals surface area contributed by atoms with E-state index in [1.807, 2.05) is 32.9 Å². The number of hydrogen-bond donors (Lipinski definition) is 1. The van der Waals surface area contributed by atoms with Gasteiger partial charge in [-0.1, -0.05) is 29.8 Å².